The van der Waals surface area contributed by atoms with E-state index in [0.717, 1.165) is 29.5 Å². The van der Waals surface area contributed by atoms with Gasteiger partial charge in [0.1, 0.15) is 5.82 Å². The normalized spacial score (nSPS) is 10.4. The number of rotatable bonds is 6. The summed E-state index contributed by atoms with van der Waals surface area (Å²) < 4.78 is 0. The maximum atomic E-state index is 12.3. The summed E-state index contributed by atoms with van der Waals surface area (Å²) in [4.78, 5) is 22.6. The minimum absolute atomic E-state index is 0.0461. The number of nitrogens with zero attached hydrogens (tertiary/aromatic N) is 3. The van der Waals surface area contributed by atoms with Gasteiger partial charge in [-0.3, -0.25) is 4.79 Å². The van der Waals surface area contributed by atoms with Crippen molar-refractivity contribution in [1.29, 1.82) is 0 Å². The van der Waals surface area contributed by atoms with Crippen molar-refractivity contribution in [2.75, 3.05) is 18.9 Å². The van der Waals surface area contributed by atoms with E-state index in [9.17, 15) is 4.79 Å². The van der Waals surface area contributed by atoms with E-state index in [1.165, 1.54) is 0 Å². The number of carbonyl (C=O) groups is 1. The van der Waals surface area contributed by atoms with Crippen LogP contribution in [0.2, 0.25) is 0 Å². The van der Waals surface area contributed by atoms with Crippen molar-refractivity contribution in [2.24, 2.45) is 0 Å². The standard InChI is InChI=1S/C15H20N4OS/c1-4-7-16-14-6-5-12(8-17-14)15(20)19(3)9-13-10-21-11(2)18-13/h5-6,8,10H,4,7,9H2,1-3H3,(H,16,17). The minimum atomic E-state index is -0.0461. The number of hydrogen-bond donors (Lipinski definition) is 1. The van der Waals surface area contributed by atoms with Crippen molar-refractivity contribution in [3.05, 3.63) is 40.0 Å². The van der Waals surface area contributed by atoms with Gasteiger partial charge in [0.05, 0.1) is 22.8 Å². The van der Waals surface area contributed by atoms with Crippen molar-refractivity contribution >= 4 is 23.1 Å². The predicted octanol–water partition coefficient (Wildman–Crippen LogP) is 2.94. The number of hydrogen-bond acceptors (Lipinski definition) is 5. The second-order valence-electron chi connectivity index (χ2n) is 4.88. The Morgan fingerprint density at radius 2 is 2.24 bits per heavy atom. The highest BCUT2D eigenvalue weighted by Gasteiger charge is 2.13. The highest BCUT2D eigenvalue weighted by atomic mass is 32.1. The molecule has 2 aromatic rings. The molecule has 0 fully saturated rings. The van der Waals surface area contributed by atoms with Crippen LogP contribution in [0.4, 0.5) is 5.82 Å². The number of aromatic nitrogens is 2. The van der Waals surface area contributed by atoms with Crippen LogP contribution in [0, 0.1) is 6.92 Å². The first-order valence-electron chi connectivity index (χ1n) is 6.96. The number of pyridine rings is 1. The van der Waals surface area contributed by atoms with Crippen LogP contribution in [0.3, 0.4) is 0 Å². The molecule has 0 aromatic carbocycles. The van der Waals surface area contributed by atoms with Gasteiger partial charge < -0.3 is 10.2 Å². The molecule has 0 aliphatic heterocycles. The van der Waals surface area contributed by atoms with E-state index in [4.69, 9.17) is 0 Å². The Morgan fingerprint density at radius 3 is 2.81 bits per heavy atom. The lowest BCUT2D eigenvalue weighted by molar-refractivity contribution is 0.0783. The third-order valence-corrected chi connectivity index (χ3v) is 3.80. The summed E-state index contributed by atoms with van der Waals surface area (Å²) in [5.41, 5.74) is 1.51. The van der Waals surface area contributed by atoms with Crippen LogP contribution >= 0.6 is 11.3 Å². The minimum Gasteiger partial charge on any atom is -0.370 e. The zero-order valence-electron chi connectivity index (χ0n) is 12.6. The van der Waals surface area contributed by atoms with Gasteiger partial charge in [-0.25, -0.2) is 9.97 Å². The zero-order valence-corrected chi connectivity index (χ0v) is 13.4. The Morgan fingerprint density at radius 1 is 1.43 bits per heavy atom. The Hall–Kier alpha value is -1.95. The summed E-state index contributed by atoms with van der Waals surface area (Å²) in [5.74, 6) is 0.751. The van der Waals surface area contributed by atoms with Crippen molar-refractivity contribution in [1.82, 2.24) is 14.9 Å². The number of anilines is 1. The molecule has 0 saturated carbocycles. The van der Waals surface area contributed by atoms with E-state index in [1.807, 2.05) is 18.4 Å². The van der Waals surface area contributed by atoms with Gasteiger partial charge >= 0.3 is 0 Å². The average Bonchev–Trinajstić information content (AvgIpc) is 2.90. The van der Waals surface area contributed by atoms with Gasteiger partial charge in [-0.2, -0.15) is 0 Å². The molecule has 6 heteroatoms. The van der Waals surface area contributed by atoms with Gasteiger partial charge in [0.2, 0.25) is 0 Å². The van der Waals surface area contributed by atoms with E-state index in [1.54, 1.807) is 35.5 Å². The lowest BCUT2D eigenvalue weighted by atomic mass is 10.2. The molecular formula is C15H20N4OS. The third-order valence-electron chi connectivity index (χ3n) is 2.98. The van der Waals surface area contributed by atoms with Crippen LogP contribution in [-0.4, -0.2) is 34.4 Å². The third kappa shape index (κ3) is 4.26. The van der Waals surface area contributed by atoms with Gasteiger partial charge in [-0.1, -0.05) is 6.92 Å². The largest absolute Gasteiger partial charge is 0.370 e. The fourth-order valence-electron chi connectivity index (χ4n) is 1.89. The fraction of sp³-hybridized carbons (Fsp3) is 0.400. The van der Waals surface area contributed by atoms with Gasteiger partial charge in [0.25, 0.3) is 5.91 Å². The lowest BCUT2D eigenvalue weighted by Gasteiger charge is -2.16. The highest BCUT2D eigenvalue weighted by Crippen LogP contribution is 2.12. The van der Waals surface area contributed by atoms with Gasteiger partial charge in [-0.15, -0.1) is 11.3 Å². The number of amides is 1. The topological polar surface area (TPSA) is 58.1 Å². The van der Waals surface area contributed by atoms with Crippen LogP contribution in [0.1, 0.15) is 34.4 Å². The molecule has 0 atom stereocenters. The molecule has 2 rings (SSSR count). The van der Waals surface area contributed by atoms with E-state index in [0.29, 0.717) is 12.1 Å². The molecule has 112 valence electrons. The number of nitrogens with one attached hydrogen (secondary N) is 1. The summed E-state index contributed by atoms with van der Waals surface area (Å²) in [7, 11) is 1.78. The predicted molar refractivity (Wildman–Crippen MR) is 85.7 cm³/mol. The molecule has 1 N–H and O–H groups in total. The molecule has 1 amide bonds. The fourth-order valence-corrected chi connectivity index (χ4v) is 2.50. The first-order valence-corrected chi connectivity index (χ1v) is 7.84. The second kappa shape index (κ2) is 7.17. The molecule has 21 heavy (non-hydrogen) atoms. The van der Waals surface area contributed by atoms with Crippen LogP contribution < -0.4 is 5.32 Å². The Bertz CT molecular complexity index is 594. The molecule has 0 aliphatic rings. The number of thiazole rings is 1. The molecule has 0 spiro atoms. The Kier molecular flexibility index (Phi) is 5.27. The number of carbonyl (C=O) groups excluding carboxylic acids is 1. The number of aryl methyl sites for hydroxylation is 1. The van der Waals surface area contributed by atoms with Gasteiger partial charge in [0, 0.05) is 25.2 Å². The van der Waals surface area contributed by atoms with Crippen molar-refractivity contribution in [2.45, 2.75) is 26.8 Å². The lowest BCUT2D eigenvalue weighted by Crippen LogP contribution is -2.26. The first kappa shape index (κ1) is 15.4. The van der Waals surface area contributed by atoms with Gasteiger partial charge in [0.15, 0.2) is 0 Å². The van der Waals surface area contributed by atoms with Crippen molar-refractivity contribution < 1.29 is 4.79 Å². The summed E-state index contributed by atoms with van der Waals surface area (Å²) >= 11 is 1.59. The Balaban J connectivity index is 1.98. The van der Waals surface area contributed by atoms with E-state index in [2.05, 4.69) is 22.2 Å². The van der Waals surface area contributed by atoms with E-state index < -0.39 is 0 Å². The molecule has 0 bridgehead atoms. The smallest absolute Gasteiger partial charge is 0.255 e. The van der Waals surface area contributed by atoms with Crippen molar-refractivity contribution in [3.8, 4) is 0 Å². The van der Waals surface area contributed by atoms with Gasteiger partial charge in [-0.05, 0) is 25.5 Å². The monoisotopic (exact) mass is 304 g/mol. The van der Waals surface area contributed by atoms with Crippen LogP contribution in [0.25, 0.3) is 0 Å². The molecule has 5 nitrogen and oxygen atoms in total. The van der Waals surface area contributed by atoms with Crippen molar-refractivity contribution in [3.63, 3.8) is 0 Å². The quantitative estimate of drug-likeness (QED) is 0.891. The molecule has 0 unspecified atom stereocenters. The highest BCUT2D eigenvalue weighted by molar-refractivity contribution is 7.09. The second-order valence-corrected chi connectivity index (χ2v) is 5.94. The van der Waals surface area contributed by atoms with Crippen LogP contribution in [0.15, 0.2) is 23.7 Å². The average molecular weight is 304 g/mol. The van der Waals surface area contributed by atoms with E-state index >= 15 is 0 Å². The zero-order chi connectivity index (χ0) is 15.2. The molecular weight excluding hydrogens is 284 g/mol. The molecule has 0 saturated heterocycles. The van der Waals surface area contributed by atoms with Crippen LogP contribution in [-0.2, 0) is 6.54 Å². The maximum Gasteiger partial charge on any atom is 0.255 e. The SMILES string of the molecule is CCCNc1ccc(C(=O)N(C)Cc2csc(C)n2)cn1. The summed E-state index contributed by atoms with van der Waals surface area (Å²) in [6, 6.07) is 3.64. The first-order chi connectivity index (χ1) is 10.1. The molecule has 0 radical (unpaired) electrons. The summed E-state index contributed by atoms with van der Waals surface area (Å²) in [5, 5.41) is 6.18. The molecule has 2 heterocycles. The summed E-state index contributed by atoms with van der Waals surface area (Å²) in [6.45, 7) is 5.45. The molecule has 0 aliphatic carbocycles. The Labute approximate surface area is 129 Å². The maximum absolute atomic E-state index is 12.3. The summed E-state index contributed by atoms with van der Waals surface area (Å²) in [6.07, 6.45) is 2.65. The molecule has 2 aromatic heterocycles. The van der Waals surface area contributed by atoms with E-state index in [-0.39, 0.29) is 5.91 Å². The van der Waals surface area contributed by atoms with Crippen LogP contribution in [0.5, 0.6) is 0 Å².